The zero-order chi connectivity index (χ0) is 12.3. The molecule has 1 N–H and O–H groups in total. The average molecular weight is 230 g/mol. The maximum atomic E-state index is 4.39. The van der Waals surface area contributed by atoms with E-state index in [1.54, 1.807) is 0 Å². The normalized spacial score (nSPS) is 12.6. The van der Waals surface area contributed by atoms with Gasteiger partial charge in [-0.25, -0.2) is 0 Å². The number of aryl methyl sites for hydroxylation is 2. The Morgan fingerprint density at radius 3 is 2.59 bits per heavy atom. The first kappa shape index (κ1) is 11.8. The smallest absolute Gasteiger partial charge is 0.0597 e. The van der Waals surface area contributed by atoms with Crippen molar-refractivity contribution in [2.45, 2.75) is 19.4 Å². The lowest BCUT2D eigenvalue weighted by Crippen LogP contribution is -2.21. The second kappa shape index (κ2) is 5.10. The Morgan fingerprint density at radius 2 is 2.06 bits per heavy atom. The zero-order valence-electron chi connectivity index (χ0n) is 10.5. The van der Waals surface area contributed by atoms with Gasteiger partial charge in [0.05, 0.1) is 17.4 Å². The number of nitrogens with one attached hydrogen (secondary N) is 1. The van der Waals surface area contributed by atoms with Gasteiger partial charge in [-0.15, -0.1) is 0 Å². The second-order valence-corrected chi connectivity index (χ2v) is 4.24. The quantitative estimate of drug-likeness (QED) is 0.868. The zero-order valence-corrected chi connectivity index (χ0v) is 10.5. The summed E-state index contributed by atoms with van der Waals surface area (Å²) in [6.07, 6.45) is 4.60. The minimum absolute atomic E-state index is 0.281. The van der Waals surface area contributed by atoms with Crippen LogP contribution in [0.25, 0.3) is 0 Å². The number of hydrogen-bond acceptors (Lipinski definition) is 3. The topological polar surface area (TPSA) is 42.7 Å². The van der Waals surface area contributed by atoms with Crippen LogP contribution < -0.4 is 5.32 Å². The van der Waals surface area contributed by atoms with Crippen molar-refractivity contribution in [2.75, 3.05) is 7.05 Å². The molecule has 0 aromatic carbocycles. The van der Waals surface area contributed by atoms with Crippen molar-refractivity contribution in [2.24, 2.45) is 7.05 Å². The Bertz CT molecular complexity index is 475. The van der Waals surface area contributed by atoms with Gasteiger partial charge in [0.15, 0.2) is 0 Å². The molecule has 1 unspecified atom stereocenters. The van der Waals surface area contributed by atoms with Gasteiger partial charge in [0.2, 0.25) is 0 Å². The molecule has 2 aromatic heterocycles. The van der Waals surface area contributed by atoms with Gasteiger partial charge < -0.3 is 5.32 Å². The maximum Gasteiger partial charge on any atom is 0.0597 e. The summed E-state index contributed by atoms with van der Waals surface area (Å²) in [5, 5.41) is 7.73. The van der Waals surface area contributed by atoms with Crippen molar-refractivity contribution in [3.63, 3.8) is 0 Å². The SMILES string of the molecule is CNC(Cc1ccncc1)c1cc(C)nn1C. The van der Waals surface area contributed by atoms with Crippen LogP contribution in [0.1, 0.15) is 23.0 Å². The van der Waals surface area contributed by atoms with E-state index in [1.807, 2.05) is 50.2 Å². The molecular formula is C13H18N4. The third-order valence-electron chi connectivity index (χ3n) is 2.93. The van der Waals surface area contributed by atoms with Crippen LogP contribution in [0.15, 0.2) is 30.6 Å². The molecule has 2 aromatic rings. The summed E-state index contributed by atoms with van der Waals surface area (Å²) in [6.45, 7) is 2.02. The van der Waals surface area contributed by atoms with Gasteiger partial charge in [-0.2, -0.15) is 5.10 Å². The van der Waals surface area contributed by atoms with Gasteiger partial charge in [-0.3, -0.25) is 9.67 Å². The molecule has 0 saturated carbocycles. The molecule has 0 amide bonds. The molecular weight excluding hydrogens is 212 g/mol. The van der Waals surface area contributed by atoms with E-state index in [-0.39, 0.29) is 6.04 Å². The van der Waals surface area contributed by atoms with Crippen LogP contribution in [0.2, 0.25) is 0 Å². The van der Waals surface area contributed by atoms with Crippen molar-refractivity contribution in [3.8, 4) is 0 Å². The van der Waals surface area contributed by atoms with Crippen LogP contribution >= 0.6 is 0 Å². The molecule has 0 saturated heterocycles. The summed E-state index contributed by atoms with van der Waals surface area (Å²) in [6, 6.07) is 6.51. The van der Waals surface area contributed by atoms with Crippen LogP contribution in [0, 0.1) is 6.92 Å². The Hall–Kier alpha value is -1.68. The van der Waals surface area contributed by atoms with E-state index in [4.69, 9.17) is 0 Å². The van der Waals surface area contributed by atoms with Crippen LogP contribution in [0.5, 0.6) is 0 Å². The highest BCUT2D eigenvalue weighted by Gasteiger charge is 2.14. The standard InChI is InChI=1S/C13H18N4/c1-10-8-13(17(3)16-10)12(14-2)9-11-4-6-15-7-5-11/h4-8,12,14H,9H2,1-3H3. The third kappa shape index (κ3) is 2.71. The number of rotatable bonds is 4. The molecule has 0 fully saturated rings. The van der Waals surface area contributed by atoms with E-state index >= 15 is 0 Å². The monoisotopic (exact) mass is 230 g/mol. The third-order valence-corrected chi connectivity index (χ3v) is 2.93. The summed E-state index contributed by atoms with van der Waals surface area (Å²) < 4.78 is 1.94. The van der Waals surface area contributed by atoms with Crippen molar-refractivity contribution in [1.82, 2.24) is 20.1 Å². The highest BCUT2D eigenvalue weighted by Crippen LogP contribution is 2.18. The lowest BCUT2D eigenvalue weighted by Gasteiger charge is -2.16. The number of aromatic nitrogens is 3. The first-order valence-corrected chi connectivity index (χ1v) is 5.77. The first-order chi connectivity index (χ1) is 8.20. The molecule has 4 heteroatoms. The largest absolute Gasteiger partial charge is 0.311 e. The van der Waals surface area contributed by atoms with Gasteiger partial charge in [0, 0.05) is 19.4 Å². The fraction of sp³-hybridized carbons (Fsp3) is 0.385. The second-order valence-electron chi connectivity index (χ2n) is 4.24. The molecule has 2 heterocycles. The molecule has 90 valence electrons. The molecule has 0 spiro atoms. The van der Waals surface area contributed by atoms with Crippen LogP contribution in [-0.2, 0) is 13.5 Å². The Balaban J connectivity index is 2.20. The lowest BCUT2D eigenvalue weighted by molar-refractivity contribution is 0.537. The van der Waals surface area contributed by atoms with Gasteiger partial charge in [0.25, 0.3) is 0 Å². The molecule has 0 radical (unpaired) electrons. The van der Waals surface area contributed by atoms with Crippen LogP contribution in [0.4, 0.5) is 0 Å². The van der Waals surface area contributed by atoms with Crippen LogP contribution in [0.3, 0.4) is 0 Å². The van der Waals surface area contributed by atoms with Crippen molar-refractivity contribution < 1.29 is 0 Å². The number of hydrogen-bond donors (Lipinski definition) is 1. The van der Waals surface area contributed by atoms with E-state index in [0.717, 1.165) is 12.1 Å². The summed E-state index contributed by atoms with van der Waals surface area (Å²) in [5.74, 6) is 0. The average Bonchev–Trinajstić information content (AvgIpc) is 2.67. The summed E-state index contributed by atoms with van der Waals surface area (Å²) in [5.41, 5.74) is 3.54. The van der Waals surface area contributed by atoms with Gasteiger partial charge in [-0.1, -0.05) is 0 Å². The predicted octanol–water partition coefficient (Wildman–Crippen LogP) is 1.63. The van der Waals surface area contributed by atoms with Crippen molar-refractivity contribution >= 4 is 0 Å². The Kier molecular flexibility index (Phi) is 3.54. The predicted molar refractivity (Wildman–Crippen MR) is 67.7 cm³/mol. The fourth-order valence-electron chi connectivity index (χ4n) is 2.07. The number of nitrogens with zero attached hydrogens (tertiary/aromatic N) is 3. The van der Waals surface area contributed by atoms with Gasteiger partial charge in [-0.05, 0) is 44.2 Å². The van der Waals surface area contributed by atoms with Crippen molar-refractivity contribution in [3.05, 3.63) is 47.5 Å². The molecule has 0 aliphatic heterocycles. The van der Waals surface area contributed by atoms with E-state index in [1.165, 1.54) is 11.3 Å². The number of pyridine rings is 1. The molecule has 17 heavy (non-hydrogen) atoms. The fourth-order valence-corrected chi connectivity index (χ4v) is 2.07. The van der Waals surface area contributed by atoms with Gasteiger partial charge >= 0.3 is 0 Å². The highest BCUT2D eigenvalue weighted by atomic mass is 15.3. The number of likely N-dealkylation sites (N-methyl/N-ethyl adjacent to an activating group) is 1. The van der Waals surface area contributed by atoms with Crippen molar-refractivity contribution in [1.29, 1.82) is 0 Å². The Labute approximate surface area is 102 Å². The molecule has 2 rings (SSSR count). The molecule has 0 bridgehead atoms. The minimum Gasteiger partial charge on any atom is -0.311 e. The summed E-state index contributed by atoms with van der Waals surface area (Å²) in [7, 11) is 3.97. The van der Waals surface area contributed by atoms with Crippen LogP contribution in [-0.4, -0.2) is 21.8 Å². The highest BCUT2D eigenvalue weighted by molar-refractivity contribution is 5.18. The Morgan fingerprint density at radius 1 is 1.35 bits per heavy atom. The van der Waals surface area contributed by atoms with E-state index in [9.17, 15) is 0 Å². The van der Waals surface area contributed by atoms with E-state index < -0.39 is 0 Å². The molecule has 0 aliphatic carbocycles. The maximum absolute atomic E-state index is 4.39. The minimum atomic E-state index is 0.281. The molecule has 1 atom stereocenters. The summed E-state index contributed by atoms with van der Waals surface area (Å²) >= 11 is 0. The molecule has 4 nitrogen and oxygen atoms in total. The summed E-state index contributed by atoms with van der Waals surface area (Å²) in [4.78, 5) is 4.03. The molecule has 0 aliphatic rings. The van der Waals surface area contributed by atoms with E-state index in [2.05, 4.69) is 21.5 Å². The lowest BCUT2D eigenvalue weighted by atomic mass is 10.0. The first-order valence-electron chi connectivity index (χ1n) is 5.77. The van der Waals surface area contributed by atoms with E-state index in [0.29, 0.717) is 0 Å². The van der Waals surface area contributed by atoms with Gasteiger partial charge in [0.1, 0.15) is 0 Å².